The van der Waals surface area contributed by atoms with E-state index in [1.807, 2.05) is 24.4 Å². The Hall–Kier alpha value is -1.90. The topological polar surface area (TPSA) is 34.9 Å². The second-order valence-electron chi connectivity index (χ2n) is 5.06. The molecule has 112 valence electrons. The molecule has 0 aromatic carbocycles. The van der Waals surface area contributed by atoms with Crippen molar-refractivity contribution in [1.29, 1.82) is 0 Å². The molecule has 0 saturated carbocycles. The molecule has 0 atom stereocenters. The normalized spacial score (nSPS) is 11.0. The standard InChI is InChI=1S/C17H16N2OS2/c1-4-7-13-18-16-15(17(20)19(13)9-5-2)14(11(3)22-16)12-8-6-10-21-12/h2,6,8,10H,4,7,9H2,1,3H3. The lowest BCUT2D eigenvalue weighted by molar-refractivity contribution is 0.686. The SMILES string of the molecule is C#CCn1c(CCC)nc2sc(C)c(-c3cccs3)c2c1=O. The van der Waals surface area contributed by atoms with Crippen LogP contribution in [-0.4, -0.2) is 9.55 Å². The fourth-order valence-corrected chi connectivity index (χ4v) is 4.57. The predicted molar refractivity (Wildman–Crippen MR) is 94.8 cm³/mol. The van der Waals surface area contributed by atoms with Crippen LogP contribution in [0.1, 0.15) is 24.0 Å². The zero-order valence-corrected chi connectivity index (χ0v) is 14.2. The molecule has 0 aliphatic carbocycles. The quantitative estimate of drug-likeness (QED) is 0.676. The summed E-state index contributed by atoms with van der Waals surface area (Å²) < 4.78 is 1.65. The van der Waals surface area contributed by atoms with E-state index in [0.29, 0.717) is 5.39 Å². The van der Waals surface area contributed by atoms with Crippen LogP contribution in [0.15, 0.2) is 22.3 Å². The Morgan fingerprint density at radius 2 is 2.27 bits per heavy atom. The second kappa shape index (κ2) is 6.07. The summed E-state index contributed by atoms with van der Waals surface area (Å²) in [6.07, 6.45) is 7.14. The van der Waals surface area contributed by atoms with Gasteiger partial charge in [0.05, 0.1) is 11.9 Å². The first-order chi connectivity index (χ1) is 10.7. The first kappa shape index (κ1) is 15.0. The van der Waals surface area contributed by atoms with Crippen LogP contribution in [-0.2, 0) is 13.0 Å². The van der Waals surface area contributed by atoms with E-state index in [1.54, 1.807) is 27.2 Å². The molecule has 3 heterocycles. The molecule has 0 aliphatic heterocycles. The summed E-state index contributed by atoms with van der Waals surface area (Å²) in [5.41, 5.74) is 1.00. The fraction of sp³-hybridized carbons (Fsp3) is 0.294. The fourth-order valence-electron chi connectivity index (χ4n) is 2.62. The largest absolute Gasteiger partial charge is 0.284 e. The molecule has 5 heteroatoms. The molecule has 0 unspecified atom stereocenters. The van der Waals surface area contributed by atoms with Crippen LogP contribution < -0.4 is 5.56 Å². The number of terminal acetylenes is 1. The number of fused-ring (bicyclic) bond motifs is 1. The van der Waals surface area contributed by atoms with E-state index in [4.69, 9.17) is 11.4 Å². The minimum Gasteiger partial charge on any atom is -0.284 e. The van der Waals surface area contributed by atoms with Crippen molar-refractivity contribution in [3.05, 3.63) is 38.6 Å². The summed E-state index contributed by atoms with van der Waals surface area (Å²) >= 11 is 3.23. The maximum atomic E-state index is 13.0. The Bertz CT molecular complexity index is 911. The highest BCUT2D eigenvalue weighted by Crippen LogP contribution is 2.37. The van der Waals surface area contributed by atoms with E-state index in [9.17, 15) is 4.79 Å². The summed E-state index contributed by atoms with van der Waals surface area (Å²) in [6, 6.07) is 4.05. The number of hydrogen-bond donors (Lipinski definition) is 0. The molecule has 0 fully saturated rings. The van der Waals surface area contributed by atoms with Crippen LogP contribution in [0, 0.1) is 19.3 Å². The molecule has 22 heavy (non-hydrogen) atoms. The third kappa shape index (κ3) is 2.39. The Balaban J connectivity index is 2.37. The lowest BCUT2D eigenvalue weighted by Gasteiger charge is -2.09. The van der Waals surface area contributed by atoms with Gasteiger partial charge >= 0.3 is 0 Å². The number of hydrogen-bond acceptors (Lipinski definition) is 4. The lowest BCUT2D eigenvalue weighted by Crippen LogP contribution is -2.24. The number of rotatable bonds is 4. The molecule has 0 spiro atoms. The monoisotopic (exact) mass is 328 g/mol. The first-order valence-electron chi connectivity index (χ1n) is 7.17. The van der Waals surface area contributed by atoms with Crippen molar-refractivity contribution in [1.82, 2.24) is 9.55 Å². The molecule has 3 nitrogen and oxygen atoms in total. The van der Waals surface area contributed by atoms with E-state index in [2.05, 4.69) is 12.8 Å². The van der Waals surface area contributed by atoms with Gasteiger partial charge in [-0.25, -0.2) is 4.98 Å². The van der Waals surface area contributed by atoms with Gasteiger partial charge in [-0.15, -0.1) is 29.1 Å². The highest BCUT2D eigenvalue weighted by Gasteiger charge is 2.19. The Morgan fingerprint density at radius 1 is 1.45 bits per heavy atom. The minimum absolute atomic E-state index is 0.0147. The van der Waals surface area contributed by atoms with Gasteiger partial charge in [0.15, 0.2) is 0 Å². The van der Waals surface area contributed by atoms with E-state index < -0.39 is 0 Å². The third-order valence-electron chi connectivity index (χ3n) is 3.56. The zero-order chi connectivity index (χ0) is 15.7. The summed E-state index contributed by atoms with van der Waals surface area (Å²) in [7, 11) is 0. The Morgan fingerprint density at radius 3 is 2.91 bits per heavy atom. The zero-order valence-electron chi connectivity index (χ0n) is 12.5. The van der Waals surface area contributed by atoms with Gasteiger partial charge in [0.2, 0.25) is 0 Å². The van der Waals surface area contributed by atoms with Crippen LogP contribution in [0.4, 0.5) is 0 Å². The van der Waals surface area contributed by atoms with Gasteiger partial charge in [-0.05, 0) is 24.8 Å². The Labute approximate surface area is 137 Å². The number of thiophene rings is 2. The van der Waals surface area contributed by atoms with E-state index in [0.717, 1.165) is 38.8 Å². The molecule has 0 bridgehead atoms. The highest BCUT2D eigenvalue weighted by atomic mass is 32.1. The smallest absolute Gasteiger partial charge is 0.263 e. The molecule has 3 aromatic heterocycles. The van der Waals surface area contributed by atoms with Gasteiger partial charge in [0, 0.05) is 21.7 Å². The van der Waals surface area contributed by atoms with Crippen LogP contribution in [0.25, 0.3) is 20.7 Å². The predicted octanol–water partition coefficient (Wildman–Crippen LogP) is 4.08. The van der Waals surface area contributed by atoms with Crippen molar-refractivity contribution < 1.29 is 0 Å². The number of aryl methyl sites for hydroxylation is 2. The van der Waals surface area contributed by atoms with Crippen LogP contribution in [0.2, 0.25) is 0 Å². The van der Waals surface area contributed by atoms with Crippen LogP contribution >= 0.6 is 22.7 Å². The molecule has 3 rings (SSSR count). The average Bonchev–Trinajstić information content (AvgIpc) is 3.10. The molecule has 0 saturated heterocycles. The van der Waals surface area contributed by atoms with E-state index in [-0.39, 0.29) is 12.1 Å². The Kier molecular flexibility index (Phi) is 4.14. The van der Waals surface area contributed by atoms with Gasteiger partial charge in [-0.3, -0.25) is 9.36 Å². The van der Waals surface area contributed by atoms with E-state index >= 15 is 0 Å². The second-order valence-corrected chi connectivity index (χ2v) is 7.22. The third-order valence-corrected chi connectivity index (χ3v) is 5.44. The van der Waals surface area contributed by atoms with Gasteiger partial charge in [-0.1, -0.05) is 18.9 Å². The van der Waals surface area contributed by atoms with Crippen LogP contribution in [0.3, 0.4) is 0 Å². The van der Waals surface area contributed by atoms with Crippen molar-refractivity contribution in [2.45, 2.75) is 33.2 Å². The van der Waals surface area contributed by atoms with E-state index in [1.165, 1.54) is 0 Å². The maximum Gasteiger partial charge on any atom is 0.263 e. The van der Waals surface area contributed by atoms with Crippen LogP contribution in [0.5, 0.6) is 0 Å². The summed E-state index contributed by atoms with van der Waals surface area (Å²) in [4.78, 5) is 20.8. The summed E-state index contributed by atoms with van der Waals surface area (Å²) in [5, 5.41) is 2.73. The molecular formula is C17H16N2OS2. The first-order valence-corrected chi connectivity index (χ1v) is 8.87. The van der Waals surface area contributed by atoms with Crippen molar-refractivity contribution in [2.24, 2.45) is 0 Å². The van der Waals surface area contributed by atoms with Crippen molar-refractivity contribution in [2.75, 3.05) is 0 Å². The van der Waals surface area contributed by atoms with Gasteiger partial charge in [0.1, 0.15) is 10.7 Å². The molecule has 3 aromatic rings. The lowest BCUT2D eigenvalue weighted by atomic mass is 10.1. The molecular weight excluding hydrogens is 312 g/mol. The minimum atomic E-state index is -0.0147. The maximum absolute atomic E-state index is 13.0. The molecule has 0 amide bonds. The van der Waals surface area contributed by atoms with Crippen molar-refractivity contribution >= 4 is 32.9 Å². The molecule has 0 aliphatic rings. The van der Waals surface area contributed by atoms with Crippen molar-refractivity contribution in [3.63, 3.8) is 0 Å². The van der Waals surface area contributed by atoms with Gasteiger partial charge < -0.3 is 0 Å². The molecule has 0 radical (unpaired) electrons. The number of aromatic nitrogens is 2. The number of nitrogens with zero attached hydrogens (tertiary/aromatic N) is 2. The van der Waals surface area contributed by atoms with Gasteiger partial charge in [0.25, 0.3) is 5.56 Å². The summed E-state index contributed by atoms with van der Waals surface area (Å²) in [5.74, 6) is 3.37. The summed E-state index contributed by atoms with van der Waals surface area (Å²) in [6.45, 7) is 4.40. The van der Waals surface area contributed by atoms with Crippen molar-refractivity contribution in [3.8, 4) is 22.8 Å². The van der Waals surface area contributed by atoms with Gasteiger partial charge in [-0.2, -0.15) is 0 Å². The highest BCUT2D eigenvalue weighted by molar-refractivity contribution is 7.20. The molecule has 0 N–H and O–H groups in total. The average molecular weight is 328 g/mol.